The quantitative estimate of drug-likeness (QED) is 0.866. The maximum atomic E-state index is 12.6. The molecule has 1 N–H and O–H groups in total. The zero-order valence-corrected chi connectivity index (χ0v) is 16.1. The van der Waals surface area contributed by atoms with Crippen LogP contribution in [0.15, 0.2) is 24.3 Å². The number of piperazine rings is 1. The van der Waals surface area contributed by atoms with Crippen molar-refractivity contribution in [2.75, 3.05) is 53.4 Å². The van der Waals surface area contributed by atoms with Crippen molar-refractivity contribution in [3.8, 4) is 5.75 Å². The number of ether oxygens (including phenoxy) is 1. The Kier molecular flexibility index (Phi) is 5.85. The summed E-state index contributed by atoms with van der Waals surface area (Å²) in [7, 11) is 4.36. The fourth-order valence-corrected chi connectivity index (χ4v) is 4.11. The first-order valence-electron chi connectivity index (χ1n) is 9.46. The number of rotatable bonds is 4. The van der Waals surface area contributed by atoms with Crippen LogP contribution in [0.3, 0.4) is 0 Å². The summed E-state index contributed by atoms with van der Waals surface area (Å²) >= 11 is 0. The molecule has 2 saturated heterocycles. The zero-order valence-electron chi connectivity index (χ0n) is 16.1. The molecule has 1 aromatic rings. The SMILES string of the molecule is Cc1ccccc1OC[C@H](O)C(=O)N1CCC2(CC1)CN(C)CCN2C. The number of nitrogens with zero attached hydrogens (tertiary/aromatic N) is 3. The summed E-state index contributed by atoms with van der Waals surface area (Å²) in [4.78, 5) is 19.2. The van der Waals surface area contributed by atoms with Gasteiger partial charge in [-0.2, -0.15) is 0 Å². The molecule has 2 heterocycles. The van der Waals surface area contributed by atoms with Crippen molar-refractivity contribution in [1.82, 2.24) is 14.7 Å². The number of likely N-dealkylation sites (N-methyl/N-ethyl adjacent to an activating group) is 2. The first-order valence-corrected chi connectivity index (χ1v) is 9.46. The second kappa shape index (κ2) is 7.94. The number of likely N-dealkylation sites (tertiary alicyclic amines) is 1. The summed E-state index contributed by atoms with van der Waals surface area (Å²) in [5, 5.41) is 10.3. The number of carbonyl (C=O) groups excluding carboxylic acids is 1. The number of aliphatic hydroxyl groups excluding tert-OH is 1. The van der Waals surface area contributed by atoms with E-state index in [1.165, 1.54) is 0 Å². The molecule has 0 unspecified atom stereocenters. The van der Waals surface area contributed by atoms with Crippen LogP contribution < -0.4 is 4.74 Å². The van der Waals surface area contributed by atoms with E-state index in [0.717, 1.165) is 38.0 Å². The summed E-state index contributed by atoms with van der Waals surface area (Å²) in [5.41, 5.74) is 1.16. The molecule has 1 aromatic carbocycles. The fraction of sp³-hybridized carbons (Fsp3) is 0.650. The summed E-state index contributed by atoms with van der Waals surface area (Å²) < 4.78 is 5.64. The summed E-state index contributed by atoms with van der Waals surface area (Å²) in [6, 6.07) is 7.63. The molecule has 3 rings (SSSR count). The standard InChI is InChI=1S/C20H31N3O3/c1-16-6-4-5-7-18(16)26-14-17(24)19(25)23-10-8-20(9-11-23)15-21(2)12-13-22(20)3/h4-7,17,24H,8-15H2,1-3H3/t17-/m0/s1. The first kappa shape index (κ1) is 19.1. The van der Waals surface area contributed by atoms with Crippen molar-refractivity contribution in [2.24, 2.45) is 0 Å². The lowest BCUT2D eigenvalue weighted by Crippen LogP contribution is -2.64. The van der Waals surface area contributed by atoms with Crippen LogP contribution in [0.2, 0.25) is 0 Å². The highest BCUT2D eigenvalue weighted by atomic mass is 16.5. The predicted molar refractivity (Wildman–Crippen MR) is 101 cm³/mol. The second-order valence-corrected chi connectivity index (χ2v) is 7.80. The van der Waals surface area contributed by atoms with Crippen LogP contribution in [0.25, 0.3) is 0 Å². The molecule has 6 heteroatoms. The number of aliphatic hydroxyl groups is 1. The Morgan fingerprint density at radius 3 is 2.58 bits per heavy atom. The maximum absolute atomic E-state index is 12.6. The van der Waals surface area contributed by atoms with Crippen LogP contribution in [0.5, 0.6) is 5.75 Å². The van der Waals surface area contributed by atoms with E-state index in [2.05, 4.69) is 23.9 Å². The molecule has 2 aliphatic heterocycles. The van der Waals surface area contributed by atoms with Gasteiger partial charge in [0.2, 0.25) is 0 Å². The van der Waals surface area contributed by atoms with E-state index >= 15 is 0 Å². The fourth-order valence-electron chi connectivity index (χ4n) is 4.11. The molecule has 0 saturated carbocycles. The third-order valence-electron chi connectivity index (χ3n) is 5.97. The van der Waals surface area contributed by atoms with Gasteiger partial charge in [-0.05, 0) is 45.5 Å². The molecule has 6 nitrogen and oxygen atoms in total. The molecule has 0 aliphatic carbocycles. The predicted octanol–water partition coefficient (Wildman–Crippen LogP) is 0.973. The van der Waals surface area contributed by atoms with Gasteiger partial charge in [0.05, 0.1) is 0 Å². The Labute approximate surface area is 156 Å². The van der Waals surface area contributed by atoms with Crippen LogP contribution in [0.1, 0.15) is 18.4 Å². The highest BCUT2D eigenvalue weighted by molar-refractivity contribution is 5.81. The van der Waals surface area contributed by atoms with Gasteiger partial charge in [0.25, 0.3) is 5.91 Å². The van der Waals surface area contributed by atoms with Crippen molar-refractivity contribution >= 4 is 5.91 Å². The minimum absolute atomic E-state index is 0.00598. The number of hydrogen-bond acceptors (Lipinski definition) is 5. The Bertz CT molecular complexity index is 628. The normalized spacial score (nSPS) is 22.4. The largest absolute Gasteiger partial charge is 0.490 e. The third-order valence-corrected chi connectivity index (χ3v) is 5.97. The van der Waals surface area contributed by atoms with Crippen LogP contribution in [-0.4, -0.2) is 90.8 Å². The van der Waals surface area contributed by atoms with Gasteiger partial charge < -0.3 is 19.6 Å². The average Bonchev–Trinajstić information content (AvgIpc) is 2.64. The Balaban J connectivity index is 1.52. The molecule has 26 heavy (non-hydrogen) atoms. The van der Waals surface area contributed by atoms with Crippen molar-refractivity contribution in [2.45, 2.75) is 31.4 Å². The van der Waals surface area contributed by atoms with Gasteiger partial charge in [-0.15, -0.1) is 0 Å². The van der Waals surface area contributed by atoms with E-state index in [-0.39, 0.29) is 18.1 Å². The monoisotopic (exact) mass is 361 g/mol. The Hall–Kier alpha value is -1.63. The molecule has 1 amide bonds. The summed E-state index contributed by atoms with van der Waals surface area (Å²) in [6.07, 6.45) is 0.783. The van der Waals surface area contributed by atoms with E-state index in [1.807, 2.05) is 31.2 Å². The zero-order chi connectivity index (χ0) is 18.7. The molecule has 0 radical (unpaired) electrons. The van der Waals surface area contributed by atoms with Crippen LogP contribution >= 0.6 is 0 Å². The van der Waals surface area contributed by atoms with Crippen molar-refractivity contribution < 1.29 is 14.6 Å². The van der Waals surface area contributed by atoms with E-state index in [4.69, 9.17) is 4.74 Å². The molecule has 1 spiro atoms. The van der Waals surface area contributed by atoms with Gasteiger partial charge in [0.15, 0.2) is 6.10 Å². The van der Waals surface area contributed by atoms with Crippen molar-refractivity contribution in [1.29, 1.82) is 0 Å². The highest BCUT2D eigenvalue weighted by Crippen LogP contribution is 2.31. The topological polar surface area (TPSA) is 56.3 Å². The first-order chi connectivity index (χ1) is 12.4. The highest BCUT2D eigenvalue weighted by Gasteiger charge is 2.42. The lowest BCUT2D eigenvalue weighted by Gasteiger charge is -2.52. The van der Waals surface area contributed by atoms with Gasteiger partial charge in [-0.25, -0.2) is 0 Å². The van der Waals surface area contributed by atoms with Crippen LogP contribution in [0.4, 0.5) is 0 Å². The number of hydrogen-bond donors (Lipinski definition) is 1. The minimum atomic E-state index is -1.12. The Morgan fingerprint density at radius 1 is 1.19 bits per heavy atom. The van der Waals surface area contributed by atoms with Gasteiger partial charge in [-0.1, -0.05) is 18.2 Å². The molecule has 144 valence electrons. The molecular weight excluding hydrogens is 330 g/mol. The van der Waals surface area contributed by atoms with E-state index < -0.39 is 6.10 Å². The lowest BCUT2D eigenvalue weighted by atomic mass is 9.83. The van der Waals surface area contributed by atoms with E-state index in [9.17, 15) is 9.90 Å². The number of piperidine rings is 1. The summed E-state index contributed by atoms with van der Waals surface area (Å²) in [5.74, 6) is 0.490. The van der Waals surface area contributed by atoms with Crippen LogP contribution in [-0.2, 0) is 4.79 Å². The number of aryl methyl sites for hydroxylation is 1. The number of para-hydroxylation sites is 1. The minimum Gasteiger partial charge on any atom is -0.490 e. The lowest BCUT2D eigenvalue weighted by molar-refractivity contribution is -0.145. The molecule has 2 aliphatic rings. The Morgan fingerprint density at radius 2 is 1.88 bits per heavy atom. The van der Waals surface area contributed by atoms with E-state index in [1.54, 1.807) is 4.90 Å². The molecule has 1 atom stereocenters. The molecule has 2 fully saturated rings. The van der Waals surface area contributed by atoms with Crippen molar-refractivity contribution in [3.05, 3.63) is 29.8 Å². The van der Waals surface area contributed by atoms with Gasteiger partial charge in [-0.3, -0.25) is 9.69 Å². The molecule has 0 bridgehead atoms. The number of benzene rings is 1. The molecule has 0 aromatic heterocycles. The number of carbonyl (C=O) groups is 1. The smallest absolute Gasteiger partial charge is 0.254 e. The van der Waals surface area contributed by atoms with Gasteiger partial charge in [0, 0.05) is 38.3 Å². The van der Waals surface area contributed by atoms with Crippen molar-refractivity contribution in [3.63, 3.8) is 0 Å². The molecular formula is C20H31N3O3. The van der Waals surface area contributed by atoms with Gasteiger partial charge >= 0.3 is 0 Å². The maximum Gasteiger partial charge on any atom is 0.254 e. The summed E-state index contributed by atoms with van der Waals surface area (Å²) in [6.45, 7) is 6.54. The van der Waals surface area contributed by atoms with Crippen LogP contribution in [0, 0.1) is 6.92 Å². The average molecular weight is 361 g/mol. The number of amides is 1. The van der Waals surface area contributed by atoms with E-state index in [0.29, 0.717) is 18.8 Å². The second-order valence-electron chi connectivity index (χ2n) is 7.80. The van der Waals surface area contributed by atoms with Gasteiger partial charge in [0.1, 0.15) is 12.4 Å². The third kappa shape index (κ3) is 4.03.